The predicted molar refractivity (Wildman–Crippen MR) is 101 cm³/mol. The van der Waals surface area contributed by atoms with E-state index >= 15 is 0 Å². The van der Waals surface area contributed by atoms with Crippen molar-refractivity contribution in [2.45, 2.75) is 6.92 Å². The van der Waals surface area contributed by atoms with E-state index in [1.807, 2.05) is 18.2 Å². The summed E-state index contributed by atoms with van der Waals surface area (Å²) in [6.45, 7) is 1.56. The van der Waals surface area contributed by atoms with E-state index in [9.17, 15) is 18.0 Å². The molecule has 1 saturated heterocycles. The quantitative estimate of drug-likeness (QED) is 0.804. The zero-order valence-corrected chi connectivity index (χ0v) is 15.8. The van der Waals surface area contributed by atoms with Gasteiger partial charge in [0, 0.05) is 12.7 Å². The van der Waals surface area contributed by atoms with Crippen molar-refractivity contribution in [3.05, 3.63) is 59.1 Å². The third-order valence-corrected chi connectivity index (χ3v) is 6.41. The number of hydrogen-bond acceptors (Lipinski definition) is 4. The van der Waals surface area contributed by atoms with E-state index in [4.69, 9.17) is 11.6 Å². The second kappa shape index (κ2) is 6.74. The minimum absolute atomic E-state index is 0.0813. The predicted octanol–water partition coefficient (Wildman–Crippen LogP) is 2.93. The Hall–Kier alpha value is -2.38. The van der Waals surface area contributed by atoms with Gasteiger partial charge in [-0.25, -0.2) is 12.7 Å². The number of benzene rings is 2. The molecule has 0 aliphatic carbocycles. The summed E-state index contributed by atoms with van der Waals surface area (Å²) in [5.41, 5.74) is 1.06. The third kappa shape index (κ3) is 3.20. The van der Waals surface area contributed by atoms with Crippen LogP contribution in [0.15, 0.2) is 48.5 Å². The Bertz CT molecular complexity index is 976. The van der Waals surface area contributed by atoms with Crippen molar-refractivity contribution in [3.8, 4) is 0 Å². The normalized spacial score (nSPS) is 18.8. The molecule has 2 amide bonds. The van der Waals surface area contributed by atoms with Crippen molar-refractivity contribution in [1.82, 2.24) is 0 Å². The summed E-state index contributed by atoms with van der Waals surface area (Å²) in [6.07, 6.45) is 0. The first kappa shape index (κ1) is 18.4. The van der Waals surface area contributed by atoms with Crippen LogP contribution in [-0.4, -0.2) is 33.0 Å². The van der Waals surface area contributed by atoms with Gasteiger partial charge < -0.3 is 4.90 Å². The van der Waals surface area contributed by atoms with Crippen molar-refractivity contribution in [2.75, 3.05) is 22.0 Å². The molecule has 1 heterocycles. The van der Waals surface area contributed by atoms with Crippen LogP contribution in [0.2, 0.25) is 5.02 Å². The molecule has 0 bridgehead atoms. The molecule has 0 spiro atoms. The molecular formula is C18H17ClN2O4S. The molecule has 1 aliphatic heterocycles. The van der Waals surface area contributed by atoms with Gasteiger partial charge in [0.05, 0.1) is 27.9 Å². The number of amides is 2. The summed E-state index contributed by atoms with van der Waals surface area (Å²) in [6, 6.07) is 13.2. The Labute approximate surface area is 157 Å². The van der Waals surface area contributed by atoms with Crippen LogP contribution in [0.5, 0.6) is 0 Å². The number of anilines is 2. The molecule has 2 aromatic carbocycles. The SMILES string of the molecule is C[C@@H]1CS(=O)(=O)N(c2ccc(C(=O)N(C)c3ccccc3)c(Cl)c2)C1=O. The molecule has 1 aliphatic rings. The molecule has 1 fully saturated rings. The van der Waals surface area contributed by atoms with Gasteiger partial charge in [-0.2, -0.15) is 0 Å². The zero-order valence-electron chi connectivity index (χ0n) is 14.2. The Morgan fingerprint density at radius 3 is 2.38 bits per heavy atom. The number of nitrogens with zero attached hydrogens (tertiary/aromatic N) is 2. The van der Waals surface area contributed by atoms with E-state index < -0.39 is 21.8 Å². The molecule has 3 rings (SSSR count). The average Bonchev–Trinajstić information content (AvgIpc) is 2.81. The van der Waals surface area contributed by atoms with Gasteiger partial charge in [0.2, 0.25) is 15.9 Å². The van der Waals surface area contributed by atoms with Gasteiger partial charge in [0.15, 0.2) is 0 Å². The maximum Gasteiger partial charge on any atom is 0.259 e. The fraction of sp³-hybridized carbons (Fsp3) is 0.222. The number of rotatable bonds is 3. The number of carbonyl (C=O) groups is 2. The summed E-state index contributed by atoms with van der Waals surface area (Å²) in [4.78, 5) is 26.3. The van der Waals surface area contributed by atoms with Crippen LogP contribution >= 0.6 is 11.6 Å². The number of hydrogen-bond donors (Lipinski definition) is 0. The van der Waals surface area contributed by atoms with Crippen molar-refractivity contribution in [2.24, 2.45) is 5.92 Å². The Morgan fingerprint density at radius 1 is 1.19 bits per heavy atom. The van der Waals surface area contributed by atoms with Gasteiger partial charge in [0.1, 0.15) is 0 Å². The monoisotopic (exact) mass is 392 g/mol. The molecular weight excluding hydrogens is 376 g/mol. The molecule has 0 radical (unpaired) electrons. The Balaban J connectivity index is 1.93. The van der Waals surface area contributed by atoms with Crippen LogP contribution in [0.25, 0.3) is 0 Å². The van der Waals surface area contributed by atoms with E-state index in [0.717, 1.165) is 4.31 Å². The lowest BCUT2D eigenvalue weighted by Crippen LogP contribution is -2.30. The molecule has 6 nitrogen and oxygen atoms in total. The van der Waals surface area contributed by atoms with Gasteiger partial charge >= 0.3 is 0 Å². The highest BCUT2D eigenvalue weighted by molar-refractivity contribution is 7.94. The van der Waals surface area contributed by atoms with Gasteiger partial charge in [-0.05, 0) is 30.3 Å². The second-order valence-corrected chi connectivity index (χ2v) is 8.42. The van der Waals surface area contributed by atoms with Gasteiger partial charge in [-0.3, -0.25) is 9.59 Å². The average molecular weight is 393 g/mol. The number of para-hydroxylation sites is 1. The molecule has 1 atom stereocenters. The maximum absolute atomic E-state index is 12.7. The van der Waals surface area contributed by atoms with Crippen LogP contribution in [0.3, 0.4) is 0 Å². The van der Waals surface area contributed by atoms with Gasteiger partial charge in [-0.1, -0.05) is 36.7 Å². The largest absolute Gasteiger partial charge is 0.311 e. The van der Waals surface area contributed by atoms with E-state index in [1.165, 1.54) is 23.1 Å². The van der Waals surface area contributed by atoms with Crippen LogP contribution in [0.1, 0.15) is 17.3 Å². The number of sulfonamides is 1. The zero-order chi connectivity index (χ0) is 19.1. The third-order valence-electron chi connectivity index (χ3n) is 4.23. The highest BCUT2D eigenvalue weighted by Gasteiger charge is 2.42. The Morgan fingerprint density at radius 2 is 1.85 bits per heavy atom. The molecule has 26 heavy (non-hydrogen) atoms. The first-order valence-corrected chi connectivity index (χ1v) is 9.90. The highest BCUT2D eigenvalue weighted by Crippen LogP contribution is 2.32. The van der Waals surface area contributed by atoms with E-state index in [0.29, 0.717) is 5.69 Å². The van der Waals surface area contributed by atoms with Crippen molar-refractivity contribution in [3.63, 3.8) is 0 Å². The lowest BCUT2D eigenvalue weighted by atomic mass is 10.1. The second-order valence-electron chi connectivity index (χ2n) is 6.15. The van der Waals surface area contributed by atoms with E-state index in [1.54, 1.807) is 26.1 Å². The summed E-state index contributed by atoms with van der Waals surface area (Å²) in [7, 11) is -2.09. The van der Waals surface area contributed by atoms with Crippen LogP contribution < -0.4 is 9.21 Å². The summed E-state index contributed by atoms with van der Waals surface area (Å²) >= 11 is 6.23. The molecule has 0 unspecified atom stereocenters. The lowest BCUT2D eigenvalue weighted by molar-refractivity contribution is -0.119. The molecule has 8 heteroatoms. The van der Waals surface area contributed by atoms with Crippen LogP contribution in [0, 0.1) is 5.92 Å². The Kier molecular flexibility index (Phi) is 4.77. The van der Waals surface area contributed by atoms with Gasteiger partial charge in [0.25, 0.3) is 5.91 Å². The molecule has 136 valence electrons. The first-order chi connectivity index (χ1) is 12.2. The maximum atomic E-state index is 12.7. The fourth-order valence-electron chi connectivity index (χ4n) is 2.84. The van der Waals surface area contributed by atoms with Crippen LogP contribution in [-0.2, 0) is 14.8 Å². The number of carbonyl (C=O) groups excluding carboxylic acids is 2. The van der Waals surface area contributed by atoms with Gasteiger partial charge in [-0.15, -0.1) is 0 Å². The minimum Gasteiger partial charge on any atom is -0.311 e. The molecule has 2 aromatic rings. The van der Waals surface area contributed by atoms with E-state index in [2.05, 4.69) is 0 Å². The topological polar surface area (TPSA) is 74.8 Å². The number of halogens is 1. The summed E-state index contributed by atoms with van der Waals surface area (Å²) in [5, 5.41) is 0.0813. The fourth-order valence-corrected chi connectivity index (χ4v) is 4.91. The van der Waals surface area contributed by atoms with Crippen molar-refractivity contribution < 1.29 is 18.0 Å². The summed E-state index contributed by atoms with van der Waals surface area (Å²) < 4.78 is 25.1. The first-order valence-electron chi connectivity index (χ1n) is 7.92. The smallest absolute Gasteiger partial charge is 0.259 e. The van der Waals surface area contributed by atoms with E-state index in [-0.39, 0.29) is 27.9 Å². The molecule has 0 aromatic heterocycles. The molecule has 0 N–H and O–H groups in total. The minimum atomic E-state index is -3.72. The highest BCUT2D eigenvalue weighted by atomic mass is 35.5. The lowest BCUT2D eigenvalue weighted by Gasteiger charge is -2.20. The summed E-state index contributed by atoms with van der Waals surface area (Å²) in [5.74, 6) is -1.68. The van der Waals surface area contributed by atoms with Crippen molar-refractivity contribution >= 4 is 44.8 Å². The van der Waals surface area contributed by atoms with Crippen LogP contribution in [0.4, 0.5) is 11.4 Å². The molecule has 0 saturated carbocycles. The standard InChI is InChI=1S/C18H17ClN2O4S/c1-12-11-26(24,25)21(17(12)22)14-8-9-15(16(19)10-14)18(23)20(2)13-6-4-3-5-7-13/h3-10,12H,11H2,1-2H3/t12-/m1/s1. The van der Waals surface area contributed by atoms with Crippen molar-refractivity contribution in [1.29, 1.82) is 0 Å².